The quantitative estimate of drug-likeness (QED) is 0.718. The molecule has 2 aliphatic rings. The Morgan fingerprint density at radius 2 is 1.91 bits per heavy atom. The maximum Gasteiger partial charge on any atom is 0.312 e. The lowest BCUT2D eigenvalue weighted by Gasteiger charge is -2.36. The zero-order valence-electron chi connectivity index (χ0n) is 13.5. The normalized spacial score (nSPS) is 27.6. The molecule has 2 aliphatic heterocycles. The van der Waals surface area contributed by atoms with Gasteiger partial charge in [0, 0.05) is 25.2 Å². The number of likely N-dealkylation sites (N-methyl/N-ethyl adjacent to an activating group) is 1. The molecule has 126 valence electrons. The Balaban J connectivity index is 2.09. The van der Waals surface area contributed by atoms with Crippen molar-refractivity contribution in [1.29, 1.82) is 0 Å². The maximum atomic E-state index is 12.6. The van der Waals surface area contributed by atoms with Gasteiger partial charge in [0.2, 0.25) is 0 Å². The van der Waals surface area contributed by atoms with Gasteiger partial charge in [-0.2, -0.15) is 0 Å². The van der Waals surface area contributed by atoms with Crippen LogP contribution in [0.25, 0.3) is 0 Å². The molecule has 2 amide bonds. The van der Waals surface area contributed by atoms with E-state index in [2.05, 4.69) is 0 Å². The van der Waals surface area contributed by atoms with Gasteiger partial charge in [-0.3, -0.25) is 9.59 Å². The first-order valence-electron chi connectivity index (χ1n) is 8.21. The van der Waals surface area contributed by atoms with Gasteiger partial charge in [-0.25, -0.2) is 8.42 Å². The van der Waals surface area contributed by atoms with Crippen LogP contribution in [-0.4, -0.2) is 66.7 Å². The number of likely N-dealkylation sites (tertiary alicyclic amines) is 1. The Kier molecular flexibility index (Phi) is 5.47. The summed E-state index contributed by atoms with van der Waals surface area (Å²) < 4.78 is 23.2. The highest BCUT2D eigenvalue weighted by Gasteiger charge is 2.38. The summed E-state index contributed by atoms with van der Waals surface area (Å²) in [7, 11) is -3.07. The fourth-order valence-corrected chi connectivity index (χ4v) is 5.26. The summed E-state index contributed by atoms with van der Waals surface area (Å²) in [5.74, 6) is -0.906. The molecule has 0 aromatic heterocycles. The summed E-state index contributed by atoms with van der Waals surface area (Å²) in [5.41, 5.74) is 0. The molecule has 22 heavy (non-hydrogen) atoms. The molecule has 7 heteroatoms. The fourth-order valence-electron chi connectivity index (χ4n) is 3.53. The Labute approximate surface area is 132 Å². The molecule has 0 saturated carbocycles. The van der Waals surface area contributed by atoms with E-state index in [-0.39, 0.29) is 23.6 Å². The molecule has 0 N–H and O–H groups in total. The molecule has 0 aliphatic carbocycles. The van der Waals surface area contributed by atoms with E-state index >= 15 is 0 Å². The van der Waals surface area contributed by atoms with Crippen molar-refractivity contribution in [2.45, 2.75) is 58.0 Å². The zero-order chi connectivity index (χ0) is 16.3. The van der Waals surface area contributed by atoms with Crippen molar-refractivity contribution in [3.8, 4) is 0 Å². The van der Waals surface area contributed by atoms with Crippen molar-refractivity contribution in [2.24, 2.45) is 0 Å². The van der Waals surface area contributed by atoms with E-state index in [1.165, 1.54) is 4.90 Å². The summed E-state index contributed by atoms with van der Waals surface area (Å²) in [4.78, 5) is 28.3. The molecule has 6 nitrogen and oxygen atoms in total. The van der Waals surface area contributed by atoms with Crippen LogP contribution in [0.15, 0.2) is 0 Å². The summed E-state index contributed by atoms with van der Waals surface area (Å²) in [6.07, 6.45) is 4.25. The fraction of sp³-hybridized carbons (Fsp3) is 0.867. The Morgan fingerprint density at radius 3 is 2.45 bits per heavy atom. The first-order chi connectivity index (χ1) is 10.4. The smallest absolute Gasteiger partial charge is 0.312 e. The molecule has 2 atom stereocenters. The average molecular weight is 330 g/mol. The van der Waals surface area contributed by atoms with Gasteiger partial charge in [-0.1, -0.05) is 6.92 Å². The van der Waals surface area contributed by atoms with Gasteiger partial charge >= 0.3 is 11.8 Å². The van der Waals surface area contributed by atoms with E-state index in [1.807, 2.05) is 6.92 Å². The second kappa shape index (κ2) is 6.98. The topological polar surface area (TPSA) is 74.8 Å². The number of rotatable bonds is 3. The van der Waals surface area contributed by atoms with Crippen LogP contribution in [0.4, 0.5) is 0 Å². The molecular weight excluding hydrogens is 304 g/mol. The van der Waals surface area contributed by atoms with Crippen LogP contribution in [0.5, 0.6) is 0 Å². The molecule has 0 aromatic carbocycles. The van der Waals surface area contributed by atoms with Crippen LogP contribution in [-0.2, 0) is 19.4 Å². The van der Waals surface area contributed by atoms with Crippen molar-refractivity contribution in [1.82, 2.24) is 9.80 Å². The summed E-state index contributed by atoms with van der Waals surface area (Å²) in [6, 6.07) is -0.215. The minimum Gasteiger partial charge on any atom is -0.331 e. The van der Waals surface area contributed by atoms with Gasteiger partial charge in [0.05, 0.1) is 11.5 Å². The lowest BCUT2D eigenvalue weighted by Crippen LogP contribution is -2.53. The van der Waals surface area contributed by atoms with Crippen molar-refractivity contribution < 1.29 is 18.0 Å². The van der Waals surface area contributed by atoms with Crippen molar-refractivity contribution in [3.05, 3.63) is 0 Å². The molecule has 2 rings (SSSR count). The molecule has 2 fully saturated rings. The first-order valence-corrected chi connectivity index (χ1v) is 10.0. The highest BCUT2D eigenvalue weighted by molar-refractivity contribution is 7.91. The van der Waals surface area contributed by atoms with Gasteiger partial charge in [-0.05, 0) is 39.0 Å². The predicted octanol–water partition coefficient (Wildman–Crippen LogP) is 0.813. The number of hydrogen-bond acceptors (Lipinski definition) is 4. The first kappa shape index (κ1) is 17.2. The Morgan fingerprint density at radius 1 is 1.18 bits per heavy atom. The van der Waals surface area contributed by atoms with Crippen LogP contribution < -0.4 is 0 Å². The molecule has 0 radical (unpaired) electrons. The number of nitrogens with zero attached hydrogens (tertiary/aromatic N) is 2. The number of amides is 2. The lowest BCUT2D eigenvalue weighted by atomic mass is 10.00. The van der Waals surface area contributed by atoms with E-state index in [0.29, 0.717) is 19.5 Å². The van der Waals surface area contributed by atoms with E-state index in [4.69, 9.17) is 0 Å². The second-order valence-electron chi connectivity index (χ2n) is 6.20. The predicted molar refractivity (Wildman–Crippen MR) is 84.1 cm³/mol. The molecule has 0 aromatic rings. The summed E-state index contributed by atoms with van der Waals surface area (Å²) in [6.45, 7) is 4.82. The van der Waals surface area contributed by atoms with Crippen LogP contribution in [0.1, 0.15) is 46.0 Å². The van der Waals surface area contributed by atoms with E-state index in [9.17, 15) is 18.0 Å². The van der Waals surface area contributed by atoms with E-state index < -0.39 is 21.7 Å². The van der Waals surface area contributed by atoms with Crippen LogP contribution in [0.3, 0.4) is 0 Å². The number of carbonyl (C=O) groups is 2. The molecule has 2 saturated heterocycles. The summed E-state index contributed by atoms with van der Waals surface area (Å²) in [5, 5.41) is 0. The molecule has 2 unspecified atom stereocenters. The minimum absolute atomic E-state index is 0.0168. The van der Waals surface area contributed by atoms with E-state index in [1.54, 1.807) is 11.8 Å². The third kappa shape index (κ3) is 3.62. The standard InChI is InChI=1S/C15H26N2O4S/c1-3-12-7-5-6-9-17(12)15(19)14(18)16(4-2)13-8-10-22(20,21)11-13/h12-13H,3-11H2,1-2H3. The van der Waals surface area contributed by atoms with E-state index in [0.717, 1.165) is 25.7 Å². The second-order valence-corrected chi connectivity index (χ2v) is 8.43. The van der Waals surface area contributed by atoms with Gasteiger partial charge in [0.15, 0.2) is 9.84 Å². The number of carbonyl (C=O) groups excluding carboxylic acids is 2. The minimum atomic E-state index is -3.07. The van der Waals surface area contributed by atoms with Crippen LogP contribution in [0, 0.1) is 0 Å². The highest BCUT2D eigenvalue weighted by Crippen LogP contribution is 2.22. The lowest BCUT2D eigenvalue weighted by molar-refractivity contribution is -0.155. The molecule has 0 bridgehead atoms. The average Bonchev–Trinajstić information content (AvgIpc) is 2.87. The zero-order valence-corrected chi connectivity index (χ0v) is 14.3. The number of hydrogen-bond donors (Lipinski definition) is 0. The number of piperidine rings is 1. The Hall–Kier alpha value is -1.11. The Bertz CT molecular complexity index is 532. The van der Waals surface area contributed by atoms with Crippen molar-refractivity contribution in [2.75, 3.05) is 24.6 Å². The molecule has 2 heterocycles. The SMILES string of the molecule is CCC1CCCCN1C(=O)C(=O)N(CC)C1CCS(=O)(=O)C1. The molecule has 0 spiro atoms. The van der Waals surface area contributed by atoms with Gasteiger partial charge in [-0.15, -0.1) is 0 Å². The monoisotopic (exact) mass is 330 g/mol. The van der Waals surface area contributed by atoms with Crippen molar-refractivity contribution >= 4 is 21.7 Å². The van der Waals surface area contributed by atoms with Crippen LogP contribution in [0.2, 0.25) is 0 Å². The molecular formula is C15H26N2O4S. The maximum absolute atomic E-state index is 12.6. The third-order valence-corrected chi connectivity index (χ3v) is 6.54. The van der Waals surface area contributed by atoms with Gasteiger partial charge < -0.3 is 9.80 Å². The third-order valence-electron chi connectivity index (χ3n) is 4.79. The highest BCUT2D eigenvalue weighted by atomic mass is 32.2. The van der Waals surface area contributed by atoms with Crippen molar-refractivity contribution in [3.63, 3.8) is 0 Å². The summed E-state index contributed by atoms with van der Waals surface area (Å²) >= 11 is 0. The van der Waals surface area contributed by atoms with Crippen LogP contribution >= 0.6 is 0 Å². The largest absolute Gasteiger partial charge is 0.331 e. The van der Waals surface area contributed by atoms with Gasteiger partial charge in [0.1, 0.15) is 0 Å². The van der Waals surface area contributed by atoms with Gasteiger partial charge in [0.25, 0.3) is 0 Å². The number of sulfone groups is 1.